The lowest BCUT2D eigenvalue weighted by Crippen LogP contribution is -2.24. The van der Waals surface area contributed by atoms with Crippen LogP contribution in [-0.4, -0.2) is 24.1 Å². The van der Waals surface area contributed by atoms with Gasteiger partial charge in [-0.25, -0.2) is 4.98 Å². The third-order valence-electron chi connectivity index (χ3n) is 3.44. The summed E-state index contributed by atoms with van der Waals surface area (Å²) in [4.78, 5) is 8.16. The molecule has 1 rings (SSSR count). The van der Waals surface area contributed by atoms with Gasteiger partial charge < -0.3 is 10.2 Å². The Morgan fingerprint density at radius 2 is 2.00 bits per heavy atom. The van der Waals surface area contributed by atoms with Crippen molar-refractivity contribution in [1.82, 2.24) is 10.3 Å². The fraction of sp³-hybridized carbons (Fsp3) is 0.800. The van der Waals surface area contributed by atoms with Crippen LogP contribution in [0.4, 0.5) is 5.13 Å². The molecule has 19 heavy (non-hydrogen) atoms. The second-order valence-corrected chi connectivity index (χ2v) is 6.15. The molecule has 0 spiro atoms. The zero-order chi connectivity index (χ0) is 14.1. The fourth-order valence-electron chi connectivity index (χ4n) is 2.10. The molecule has 0 bridgehead atoms. The summed E-state index contributed by atoms with van der Waals surface area (Å²) in [5, 5.41) is 4.75. The van der Waals surface area contributed by atoms with Crippen molar-refractivity contribution < 1.29 is 0 Å². The minimum Gasteiger partial charge on any atom is -0.349 e. The van der Waals surface area contributed by atoms with Crippen LogP contribution in [0.2, 0.25) is 0 Å². The van der Waals surface area contributed by atoms with E-state index >= 15 is 0 Å². The summed E-state index contributed by atoms with van der Waals surface area (Å²) in [5.74, 6) is 0. The Labute approximate surface area is 122 Å². The highest BCUT2D eigenvalue weighted by Crippen LogP contribution is 2.22. The number of unbranched alkanes of at least 4 members (excludes halogenated alkanes) is 2. The molecule has 3 nitrogen and oxygen atoms in total. The lowest BCUT2D eigenvalue weighted by Gasteiger charge is -2.16. The van der Waals surface area contributed by atoms with E-state index in [0.29, 0.717) is 6.04 Å². The van der Waals surface area contributed by atoms with Gasteiger partial charge in [0, 0.05) is 36.8 Å². The van der Waals surface area contributed by atoms with E-state index in [-0.39, 0.29) is 0 Å². The van der Waals surface area contributed by atoms with E-state index < -0.39 is 0 Å². The van der Waals surface area contributed by atoms with Gasteiger partial charge in [-0.1, -0.05) is 26.2 Å². The van der Waals surface area contributed by atoms with Crippen LogP contribution < -0.4 is 10.2 Å². The minimum atomic E-state index is 0.602. The molecule has 1 heterocycles. The van der Waals surface area contributed by atoms with Crippen molar-refractivity contribution in [3.05, 3.63) is 11.1 Å². The largest absolute Gasteiger partial charge is 0.349 e. The molecule has 0 aromatic carbocycles. The molecule has 1 aromatic heterocycles. The van der Waals surface area contributed by atoms with Crippen molar-refractivity contribution in [2.75, 3.05) is 18.0 Å². The zero-order valence-electron chi connectivity index (χ0n) is 12.9. The van der Waals surface area contributed by atoms with Crippen molar-refractivity contribution in [3.63, 3.8) is 0 Å². The molecule has 0 aliphatic heterocycles. The van der Waals surface area contributed by atoms with Gasteiger partial charge in [-0.2, -0.15) is 0 Å². The van der Waals surface area contributed by atoms with E-state index in [1.165, 1.54) is 30.6 Å². The molecule has 4 heteroatoms. The summed E-state index contributed by atoms with van der Waals surface area (Å²) in [6, 6.07) is 0.602. The van der Waals surface area contributed by atoms with Crippen LogP contribution in [-0.2, 0) is 6.54 Å². The highest BCUT2D eigenvalue weighted by Gasteiger charge is 2.08. The van der Waals surface area contributed by atoms with E-state index in [0.717, 1.165) is 24.8 Å². The Kier molecular flexibility index (Phi) is 8.07. The number of rotatable bonds is 10. The summed E-state index contributed by atoms with van der Waals surface area (Å²) in [6.07, 6.45) is 7.27. The van der Waals surface area contributed by atoms with Gasteiger partial charge >= 0.3 is 0 Å². The Balaban J connectivity index is 2.33. The van der Waals surface area contributed by atoms with Gasteiger partial charge in [-0.3, -0.25) is 0 Å². The van der Waals surface area contributed by atoms with Crippen LogP contribution in [0.25, 0.3) is 0 Å². The molecule has 0 radical (unpaired) electrons. The topological polar surface area (TPSA) is 28.2 Å². The maximum atomic E-state index is 4.52. The van der Waals surface area contributed by atoms with E-state index in [2.05, 4.69) is 42.9 Å². The molecule has 1 N–H and O–H groups in total. The van der Waals surface area contributed by atoms with Gasteiger partial charge in [-0.15, -0.1) is 11.3 Å². The average Bonchev–Trinajstić information content (AvgIpc) is 2.87. The van der Waals surface area contributed by atoms with Crippen LogP contribution in [0, 0.1) is 0 Å². The van der Waals surface area contributed by atoms with Crippen LogP contribution >= 0.6 is 11.3 Å². The molecule has 1 unspecified atom stereocenters. The number of aromatic nitrogens is 1. The molecule has 0 saturated heterocycles. The molecule has 0 aliphatic rings. The van der Waals surface area contributed by atoms with Gasteiger partial charge in [0.25, 0.3) is 0 Å². The van der Waals surface area contributed by atoms with E-state index in [9.17, 15) is 0 Å². The first kappa shape index (κ1) is 16.4. The molecule has 1 aromatic rings. The van der Waals surface area contributed by atoms with Crippen LogP contribution in [0.15, 0.2) is 6.20 Å². The lowest BCUT2D eigenvalue weighted by molar-refractivity contribution is 0.489. The quantitative estimate of drug-likeness (QED) is 0.657. The third-order valence-corrected chi connectivity index (χ3v) is 4.50. The summed E-state index contributed by atoms with van der Waals surface area (Å²) in [7, 11) is 0. The van der Waals surface area contributed by atoms with Crippen LogP contribution in [0.1, 0.15) is 58.3 Å². The number of thiazole rings is 1. The van der Waals surface area contributed by atoms with Crippen molar-refractivity contribution in [1.29, 1.82) is 0 Å². The van der Waals surface area contributed by atoms with Crippen molar-refractivity contribution in [2.24, 2.45) is 0 Å². The summed E-state index contributed by atoms with van der Waals surface area (Å²) in [6.45, 7) is 11.9. The molecular formula is C15H29N3S. The summed E-state index contributed by atoms with van der Waals surface area (Å²) >= 11 is 1.81. The first-order valence-electron chi connectivity index (χ1n) is 7.64. The molecule has 0 amide bonds. The van der Waals surface area contributed by atoms with Crippen molar-refractivity contribution in [2.45, 2.75) is 66.0 Å². The van der Waals surface area contributed by atoms with Crippen LogP contribution in [0.3, 0.4) is 0 Å². The molecule has 0 aliphatic carbocycles. The van der Waals surface area contributed by atoms with Gasteiger partial charge in [0.15, 0.2) is 5.13 Å². The highest BCUT2D eigenvalue weighted by atomic mass is 32.1. The SMILES string of the molecule is CCCCCC(C)NCc1cnc(N(CC)CC)s1. The van der Waals surface area contributed by atoms with Gasteiger partial charge in [0.05, 0.1) is 0 Å². The third kappa shape index (κ3) is 5.91. The van der Waals surface area contributed by atoms with E-state index in [1.807, 2.05) is 17.5 Å². The number of nitrogens with zero attached hydrogens (tertiary/aromatic N) is 2. The molecular weight excluding hydrogens is 254 g/mol. The maximum absolute atomic E-state index is 4.52. The normalized spacial score (nSPS) is 12.6. The summed E-state index contributed by atoms with van der Waals surface area (Å²) < 4.78 is 0. The first-order valence-corrected chi connectivity index (χ1v) is 8.45. The second-order valence-electron chi connectivity index (χ2n) is 5.06. The first-order chi connectivity index (χ1) is 9.21. The Hall–Kier alpha value is -0.610. The van der Waals surface area contributed by atoms with Crippen molar-refractivity contribution in [3.8, 4) is 0 Å². The van der Waals surface area contributed by atoms with Crippen molar-refractivity contribution >= 4 is 16.5 Å². The maximum Gasteiger partial charge on any atom is 0.185 e. The monoisotopic (exact) mass is 283 g/mol. The Morgan fingerprint density at radius 1 is 1.26 bits per heavy atom. The van der Waals surface area contributed by atoms with Crippen LogP contribution in [0.5, 0.6) is 0 Å². The zero-order valence-corrected chi connectivity index (χ0v) is 13.7. The number of hydrogen-bond acceptors (Lipinski definition) is 4. The molecule has 1 atom stereocenters. The number of nitrogens with one attached hydrogen (secondary N) is 1. The lowest BCUT2D eigenvalue weighted by atomic mass is 10.1. The number of anilines is 1. The number of hydrogen-bond donors (Lipinski definition) is 1. The van der Waals surface area contributed by atoms with Gasteiger partial charge in [-0.05, 0) is 27.2 Å². The molecule has 0 saturated carbocycles. The smallest absolute Gasteiger partial charge is 0.185 e. The Morgan fingerprint density at radius 3 is 2.63 bits per heavy atom. The highest BCUT2D eigenvalue weighted by molar-refractivity contribution is 7.15. The van der Waals surface area contributed by atoms with E-state index in [4.69, 9.17) is 0 Å². The van der Waals surface area contributed by atoms with Gasteiger partial charge in [0.1, 0.15) is 0 Å². The average molecular weight is 283 g/mol. The predicted molar refractivity (Wildman–Crippen MR) is 86.1 cm³/mol. The predicted octanol–water partition coefficient (Wildman–Crippen LogP) is 4.05. The van der Waals surface area contributed by atoms with E-state index in [1.54, 1.807) is 0 Å². The molecule has 0 fully saturated rings. The molecule has 110 valence electrons. The Bertz CT molecular complexity index is 334. The standard InChI is InChI=1S/C15H29N3S/c1-5-8-9-10-13(4)16-11-14-12-17-15(19-14)18(6-2)7-3/h12-13,16H,5-11H2,1-4H3. The fourth-order valence-corrected chi connectivity index (χ4v) is 3.08. The minimum absolute atomic E-state index is 0.602. The van der Waals surface area contributed by atoms with Gasteiger partial charge in [0.2, 0.25) is 0 Å². The summed E-state index contributed by atoms with van der Waals surface area (Å²) in [5.41, 5.74) is 0. The second kappa shape index (κ2) is 9.32.